The molecule has 4 aromatic rings. The summed E-state index contributed by atoms with van der Waals surface area (Å²) in [7, 11) is 2.00. The van der Waals surface area contributed by atoms with Gasteiger partial charge in [-0.05, 0) is 36.8 Å². The fourth-order valence-electron chi connectivity index (χ4n) is 2.67. The van der Waals surface area contributed by atoms with Gasteiger partial charge in [-0.25, -0.2) is 4.98 Å². The second-order valence-corrected chi connectivity index (χ2v) is 5.37. The molecule has 108 valence electrons. The molecule has 0 aliphatic carbocycles. The molecule has 0 saturated heterocycles. The number of imidazole rings is 1. The van der Waals surface area contributed by atoms with Crippen LogP contribution in [-0.2, 0) is 7.05 Å². The lowest BCUT2D eigenvalue weighted by Crippen LogP contribution is -1.89. The van der Waals surface area contributed by atoms with Crippen LogP contribution in [0.2, 0.25) is 0 Å². The summed E-state index contributed by atoms with van der Waals surface area (Å²) in [5.41, 5.74) is 6.95. The number of aromatic nitrogens is 5. The fourth-order valence-corrected chi connectivity index (χ4v) is 2.67. The molecule has 1 N–H and O–H groups in total. The zero-order valence-electron chi connectivity index (χ0n) is 12.4. The molecule has 0 atom stereocenters. The van der Waals surface area contributed by atoms with Crippen molar-refractivity contribution >= 4 is 11.0 Å². The van der Waals surface area contributed by atoms with Gasteiger partial charge in [0.25, 0.3) is 0 Å². The smallest absolute Gasteiger partial charge is 0.118 e. The zero-order chi connectivity index (χ0) is 15.1. The normalized spacial score (nSPS) is 11.2. The Bertz CT molecular complexity index is 964. The summed E-state index contributed by atoms with van der Waals surface area (Å²) in [4.78, 5) is 8.93. The van der Waals surface area contributed by atoms with Gasteiger partial charge < -0.3 is 4.57 Å². The van der Waals surface area contributed by atoms with Crippen molar-refractivity contribution in [2.45, 2.75) is 6.92 Å². The number of rotatable bonds is 2. The summed E-state index contributed by atoms with van der Waals surface area (Å²) in [5.74, 6) is 0. The number of pyridine rings is 1. The number of H-pyrrole nitrogens is 1. The van der Waals surface area contributed by atoms with Gasteiger partial charge in [0.2, 0.25) is 0 Å². The molecule has 0 amide bonds. The van der Waals surface area contributed by atoms with Gasteiger partial charge >= 0.3 is 0 Å². The lowest BCUT2D eigenvalue weighted by atomic mass is 10.0. The van der Waals surface area contributed by atoms with Crippen LogP contribution in [0.3, 0.4) is 0 Å². The molecule has 3 aromatic heterocycles. The summed E-state index contributed by atoms with van der Waals surface area (Å²) in [6, 6.07) is 12.2. The van der Waals surface area contributed by atoms with Gasteiger partial charge in [-0.1, -0.05) is 12.1 Å². The van der Waals surface area contributed by atoms with Gasteiger partial charge in [0.05, 0.1) is 23.1 Å². The number of nitrogens with one attached hydrogen (secondary N) is 1. The molecular weight excluding hydrogens is 274 g/mol. The molecule has 4 rings (SSSR count). The predicted octanol–water partition coefficient (Wildman–Crippen LogP) is 3.33. The van der Waals surface area contributed by atoms with E-state index < -0.39 is 0 Å². The highest BCUT2D eigenvalue weighted by molar-refractivity contribution is 5.86. The van der Waals surface area contributed by atoms with E-state index in [0.717, 1.165) is 39.2 Å². The van der Waals surface area contributed by atoms with Crippen molar-refractivity contribution in [1.29, 1.82) is 0 Å². The quantitative estimate of drug-likeness (QED) is 0.615. The van der Waals surface area contributed by atoms with Crippen molar-refractivity contribution in [3.8, 4) is 22.5 Å². The Kier molecular flexibility index (Phi) is 2.79. The molecule has 0 aliphatic heterocycles. The van der Waals surface area contributed by atoms with E-state index in [2.05, 4.69) is 32.3 Å². The van der Waals surface area contributed by atoms with Crippen LogP contribution in [0, 0.1) is 6.92 Å². The molecular formula is C17H15N5. The van der Waals surface area contributed by atoms with Crippen LogP contribution < -0.4 is 0 Å². The number of benzene rings is 1. The van der Waals surface area contributed by atoms with Crippen LogP contribution in [0.1, 0.15) is 5.69 Å². The van der Waals surface area contributed by atoms with Crippen molar-refractivity contribution in [3.05, 3.63) is 54.6 Å². The zero-order valence-corrected chi connectivity index (χ0v) is 12.4. The van der Waals surface area contributed by atoms with E-state index >= 15 is 0 Å². The van der Waals surface area contributed by atoms with E-state index in [1.54, 1.807) is 0 Å². The van der Waals surface area contributed by atoms with E-state index in [1.165, 1.54) is 0 Å². The lowest BCUT2D eigenvalue weighted by Gasteiger charge is -2.04. The van der Waals surface area contributed by atoms with Gasteiger partial charge in [0.15, 0.2) is 0 Å². The molecule has 5 heteroatoms. The molecule has 0 saturated carbocycles. The maximum absolute atomic E-state index is 4.57. The highest BCUT2D eigenvalue weighted by Crippen LogP contribution is 2.30. The minimum Gasteiger partial charge on any atom is -0.334 e. The average Bonchev–Trinajstić information content (AvgIpc) is 3.14. The Labute approximate surface area is 127 Å². The maximum atomic E-state index is 4.57. The van der Waals surface area contributed by atoms with E-state index in [9.17, 15) is 0 Å². The SMILES string of the molecule is Cc1cccc(-c2n[nH]cc2-c2ccc3ncn(C)c3c2)n1. The van der Waals surface area contributed by atoms with Crippen molar-refractivity contribution < 1.29 is 0 Å². The predicted molar refractivity (Wildman–Crippen MR) is 86.3 cm³/mol. The number of nitrogens with zero attached hydrogens (tertiary/aromatic N) is 4. The largest absolute Gasteiger partial charge is 0.334 e. The topological polar surface area (TPSA) is 59.4 Å². The van der Waals surface area contributed by atoms with Gasteiger partial charge in [0, 0.05) is 24.5 Å². The van der Waals surface area contributed by atoms with Crippen LogP contribution in [-0.4, -0.2) is 24.7 Å². The fraction of sp³-hybridized carbons (Fsp3) is 0.118. The molecule has 22 heavy (non-hydrogen) atoms. The third kappa shape index (κ3) is 1.98. The summed E-state index contributed by atoms with van der Waals surface area (Å²) < 4.78 is 2.02. The highest BCUT2D eigenvalue weighted by atomic mass is 15.1. The standard InChI is InChI=1S/C17H15N5/c1-11-4-3-5-15(20-11)17-13(9-19-21-17)12-6-7-14-16(8-12)22(2)10-18-14/h3-10H,1-2H3,(H,19,21). The molecule has 0 fully saturated rings. The molecule has 0 spiro atoms. The Morgan fingerprint density at radius 2 is 2.05 bits per heavy atom. The molecule has 1 aromatic carbocycles. The number of aryl methyl sites for hydroxylation is 2. The number of aromatic amines is 1. The molecule has 0 radical (unpaired) electrons. The first-order chi connectivity index (χ1) is 10.7. The monoisotopic (exact) mass is 289 g/mol. The van der Waals surface area contributed by atoms with Crippen molar-refractivity contribution in [3.63, 3.8) is 0 Å². The van der Waals surface area contributed by atoms with Crippen LogP contribution >= 0.6 is 0 Å². The van der Waals surface area contributed by atoms with Gasteiger partial charge in [0.1, 0.15) is 5.69 Å². The van der Waals surface area contributed by atoms with Crippen LogP contribution in [0.25, 0.3) is 33.5 Å². The third-order valence-electron chi connectivity index (χ3n) is 3.81. The average molecular weight is 289 g/mol. The minimum atomic E-state index is 0.866. The molecule has 0 bridgehead atoms. The second kappa shape index (κ2) is 4.80. The van der Waals surface area contributed by atoms with E-state index in [4.69, 9.17) is 0 Å². The van der Waals surface area contributed by atoms with Crippen molar-refractivity contribution in [2.24, 2.45) is 7.05 Å². The van der Waals surface area contributed by atoms with E-state index in [-0.39, 0.29) is 0 Å². The third-order valence-corrected chi connectivity index (χ3v) is 3.81. The highest BCUT2D eigenvalue weighted by Gasteiger charge is 2.13. The van der Waals surface area contributed by atoms with Crippen LogP contribution in [0.4, 0.5) is 0 Å². The first kappa shape index (κ1) is 12.8. The van der Waals surface area contributed by atoms with Crippen molar-refractivity contribution in [2.75, 3.05) is 0 Å². The van der Waals surface area contributed by atoms with Gasteiger partial charge in [-0.2, -0.15) is 5.10 Å². The second-order valence-electron chi connectivity index (χ2n) is 5.37. The number of hydrogen-bond donors (Lipinski definition) is 1. The van der Waals surface area contributed by atoms with Crippen LogP contribution in [0.5, 0.6) is 0 Å². The Hall–Kier alpha value is -2.95. The maximum Gasteiger partial charge on any atom is 0.118 e. The first-order valence-corrected chi connectivity index (χ1v) is 7.11. The first-order valence-electron chi connectivity index (χ1n) is 7.11. The summed E-state index contributed by atoms with van der Waals surface area (Å²) >= 11 is 0. The van der Waals surface area contributed by atoms with Crippen LogP contribution in [0.15, 0.2) is 48.9 Å². The molecule has 5 nitrogen and oxygen atoms in total. The molecule has 3 heterocycles. The summed E-state index contributed by atoms with van der Waals surface area (Å²) in [6.45, 7) is 1.98. The van der Waals surface area contributed by atoms with Crippen molar-refractivity contribution in [1.82, 2.24) is 24.7 Å². The molecule has 0 aliphatic rings. The minimum absolute atomic E-state index is 0.866. The van der Waals surface area contributed by atoms with E-state index in [1.807, 2.05) is 55.3 Å². The number of hydrogen-bond acceptors (Lipinski definition) is 3. The number of fused-ring (bicyclic) bond motifs is 1. The molecule has 0 unspecified atom stereocenters. The summed E-state index contributed by atoms with van der Waals surface area (Å²) in [5, 5.41) is 7.34. The lowest BCUT2D eigenvalue weighted by molar-refractivity contribution is 0.948. The summed E-state index contributed by atoms with van der Waals surface area (Å²) in [6.07, 6.45) is 3.74. The van der Waals surface area contributed by atoms with E-state index in [0.29, 0.717) is 0 Å². The Morgan fingerprint density at radius 1 is 1.14 bits per heavy atom. The Morgan fingerprint density at radius 3 is 2.91 bits per heavy atom. The Balaban J connectivity index is 1.89. The van der Waals surface area contributed by atoms with Gasteiger partial charge in [-0.15, -0.1) is 0 Å². The van der Waals surface area contributed by atoms with Gasteiger partial charge in [-0.3, -0.25) is 10.1 Å².